The summed E-state index contributed by atoms with van der Waals surface area (Å²) < 4.78 is 5.08. The molecule has 0 atom stereocenters. The third-order valence-corrected chi connectivity index (χ3v) is 3.69. The first-order chi connectivity index (χ1) is 12.2. The van der Waals surface area contributed by atoms with Crippen LogP contribution in [0.2, 0.25) is 0 Å². The molecule has 4 N–H and O–H groups in total. The van der Waals surface area contributed by atoms with Crippen LogP contribution in [0.15, 0.2) is 48.5 Å². The summed E-state index contributed by atoms with van der Waals surface area (Å²) >= 11 is 0. The van der Waals surface area contributed by atoms with E-state index in [-0.39, 0.29) is 24.2 Å². The maximum Gasteiger partial charge on any atom is 0.255 e. The van der Waals surface area contributed by atoms with Gasteiger partial charge in [-0.25, -0.2) is 0 Å². The van der Waals surface area contributed by atoms with Crippen LogP contribution in [0.25, 0.3) is 0 Å². The van der Waals surface area contributed by atoms with Gasteiger partial charge in [0.1, 0.15) is 5.75 Å². The molecule has 0 aliphatic carbocycles. The van der Waals surface area contributed by atoms with Crippen molar-refractivity contribution in [3.63, 3.8) is 0 Å². The second-order valence-corrected chi connectivity index (χ2v) is 5.48. The molecular formula is C19H24ClN3O3. The molecule has 0 saturated heterocycles. The first-order valence-corrected chi connectivity index (χ1v) is 8.18. The van der Waals surface area contributed by atoms with Crippen molar-refractivity contribution in [1.29, 1.82) is 0 Å². The van der Waals surface area contributed by atoms with Crippen molar-refractivity contribution in [1.82, 2.24) is 5.32 Å². The standard InChI is InChI=1S/C19H23N3O3.ClH/c1-25-15-10-8-14(9-11-15)18(23)22-17-7-3-2-6-16(17)19(24)21-13-5-4-12-20;/h2-3,6-11H,4-5,12-13,20H2,1H3,(H,21,24)(H,22,23);1H. The molecule has 0 fully saturated rings. The van der Waals surface area contributed by atoms with Gasteiger partial charge in [-0.05, 0) is 55.8 Å². The number of para-hydroxylation sites is 1. The normalized spacial score (nSPS) is 9.77. The van der Waals surface area contributed by atoms with Crippen LogP contribution >= 0.6 is 12.4 Å². The lowest BCUT2D eigenvalue weighted by molar-refractivity contribution is 0.0954. The third kappa shape index (κ3) is 6.06. The van der Waals surface area contributed by atoms with Gasteiger partial charge in [0, 0.05) is 12.1 Å². The van der Waals surface area contributed by atoms with Gasteiger partial charge in [0.15, 0.2) is 0 Å². The summed E-state index contributed by atoms with van der Waals surface area (Å²) in [7, 11) is 1.57. The number of carbonyl (C=O) groups is 2. The Bertz CT molecular complexity index is 720. The lowest BCUT2D eigenvalue weighted by atomic mass is 10.1. The average Bonchev–Trinajstić information content (AvgIpc) is 2.65. The largest absolute Gasteiger partial charge is 0.497 e. The lowest BCUT2D eigenvalue weighted by Crippen LogP contribution is -2.26. The molecule has 7 heteroatoms. The summed E-state index contributed by atoms with van der Waals surface area (Å²) in [5.74, 6) is 0.169. The number of rotatable bonds is 8. The van der Waals surface area contributed by atoms with Gasteiger partial charge in [0.2, 0.25) is 0 Å². The first-order valence-electron chi connectivity index (χ1n) is 8.18. The second-order valence-electron chi connectivity index (χ2n) is 5.48. The molecule has 2 aromatic carbocycles. The minimum Gasteiger partial charge on any atom is -0.497 e. The number of benzene rings is 2. The molecular weight excluding hydrogens is 354 g/mol. The number of ether oxygens (including phenoxy) is 1. The second kappa shape index (κ2) is 11.1. The van der Waals surface area contributed by atoms with E-state index in [0.717, 1.165) is 12.8 Å². The van der Waals surface area contributed by atoms with Gasteiger partial charge in [-0.1, -0.05) is 12.1 Å². The summed E-state index contributed by atoms with van der Waals surface area (Å²) in [6.45, 7) is 1.15. The fraction of sp³-hybridized carbons (Fsp3) is 0.263. The van der Waals surface area contributed by atoms with E-state index < -0.39 is 0 Å². The fourth-order valence-electron chi connectivity index (χ4n) is 2.29. The van der Waals surface area contributed by atoms with Crippen LogP contribution in [0, 0.1) is 0 Å². The highest BCUT2D eigenvalue weighted by molar-refractivity contribution is 6.09. The predicted octanol–water partition coefficient (Wildman–Crippen LogP) is 2.84. The van der Waals surface area contributed by atoms with E-state index in [9.17, 15) is 9.59 Å². The molecule has 2 amide bonds. The Labute approximate surface area is 159 Å². The minimum absolute atomic E-state index is 0. The topological polar surface area (TPSA) is 93.4 Å². The number of halogens is 1. The Morgan fingerprint density at radius 1 is 1.00 bits per heavy atom. The zero-order valence-electron chi connectivity index (χ0n) is 14.7. The van der Waals surface area contributed by atoms with E-state index in [2.05, 4.69) is 10.6 Å². The summed E-state index contributed by atoms with van der Waals surface area (Å²) in [6, 6.07) is 13.7. The van der Waals surface area contributed by atoms with E-state index in [1.807, 2.05) is 0 Å². The van der Waals surface area contributed by atoms with Crippen LogP contribution < -0.4 is 21.1 Å². The number of hydrogen-bond acceptors (Lipinski definition) is 4. The number of anilines is 1. The van der Waals surface area contributed by atoms with Crippen molar-refractivity contribution in [2.45, 2.75) is 12.8 Å². The highest BCUT2D eigenvalue weighted by atomic mass is 35.5. The van der Waals surface area contributed by atoms with Gasteiger partial charge in [-0.15, -0.1) is 12.4 Å². The molecule has 0 radical (unpaired) electrons. The van der Waals surface area contributed by atoms with Crippen molar-refractivity contribution in [3.8, 4) is 5.75 Å². The lowest BCUT2D eigenvalue weighted by Gasteiger charge is -2.11. The Hall–Kier alpha value is -2.57. The molecule has 0 unspecified atom stereocenters. The number of amides is 2. The van der Waals surface area contributed by atoms with Crippen LogP contribution in [0.3, 0.4) is 0 Å². The zero-order chi connectivity index (χ0) is 18.1. The monoisotopic (exact) mass is 377 g/mol. The number of nitrogens with one attached hydrogen (secondary N) is 2. The van der Waals surface area contributed by atoms with Crippen molar-refractivity contribution < 1.29 is 14.3 Å². The molecule has 0 aromatic heterocycles. The molecule has 140 valence electrons. The molecule has 6 nitrogen and oxygen atoms in total. The molecule has 2 aromatic rings. The van der Waals surface area contributed by atoms with E-state index in [0.29, 0.717) is 35.7 Å². The molecule has 0 saturated carbocycles. The SMILES string of the molecule is COc1ccc(C(=O)Nc2ccccc2C(=O)NCCCCN)cc1.Cl. The predicted molar refractivity (Wildman–Crippen MR) is 105 cm³/mol. The van der Waals surface area contributed by atoms with Crippen LogP contribution in [-0.2, 0) is 0 Å². The van der Waals surface area contributed by atoms with Crippen molar-refractivity contribution in [2.24, 2.45) is 5.73 Å². The van der Waals surface area contributed by atoms with E-state index in [1.165, 1.54) is 0 Å². The Balaban J connectivity index is 0.00000338. The zero-order valence-corrected chi connectivity index (χ0v) is 15.5. The van der Waals surface area contributed by atoms with Gasteiger partial charge in [-0.3, -0.25) is 9.59 Å². The number of methoxy groups -OCH3 is 1. The molecule has 0 aliphatic heterocycles. The van der Waals surface area contributed by atoms with Crippen molar-refractivity contribution in [2.75, 3.05) is 25.5 Å². The van der Waals surface area contributed by atoms with E-state index in [4.69, 9.17) is 10.5 Å². The molecule has 26 heavy (non-hydrogen) atoms. The van der Waals surface area contributed by atoms with Crippen LogP contribution in [0.5, 0.6) is 5.75 Å². The fourth-order valence-corrected chi connectivity index (χ4v) is 2.29. The Morgan fingerprint density at radius 2 is 1.69 bits per heavy atom. The maximum absolute atomic E-state index is 12.4. The smallest absolute Gasteiger partial charge is 0.255 e. The maximum atomic E-state index is 12.4. The van der Waals surface area contributed by atoms with Crippen LogP contribution in [0.1, 0.15) is 33.6 Å². The Morgan fingerprint density at radius 3 is 2.35 bits per heavy atom. The van der Waals surface area contributed by atoms with Gasteiger partial charge in [0.25, 0.3) is 11.8 Å². The highest BCUT2D eigenvalue weighted by Crippen LogP contribution is 2.17. The van der Waals surface area contributed by atoms with Crippen LogP contribution in [-0.4, -0.2) is 32.0 Å². The Kier molecular flexibility index (Phi) is 9.19. The van der Waals surface area contributed by atoms with Gasteiger partial charge < -0.3 is 21.1 Å². The number of nitrogens with two attached hydrogens (primary N) is 1. The van der Waals surface area contributed by atoms with Crippen LogP contribution in [0.4, 0.5) is 5.69 Å². The molecule has 0 aliphatic rings. The summed E-state index contributed by atoms with van der Waals surface area (Å²) in [6.07, 6.45) is 1.68. The van der Waals surface area contributed by atoms with E-state index >= 15 is 0 Å². The quantitative estimate of drug-likeness (QED) is 0.616. The van der Waals surface area contributed by atoms with Crippen molar-refractivity contribution in [3.05, 3.63) is 59.7 Å². The number of hydrogen-bond donors (Lipinski definition) is 3. The minimum atomic E-state index is -0.286. The number of unbranched alkanes of at least 4 members (excludes halogenated alkanes) is 1. The van der Waals surface area contributed by atoms with Gasteiger partial charge in [-0.2, -0.15) is 0 Å². The molecule has 0 heterocycles. The molecule has 0 bridgehead atoms. The summed E-state index contributed by atoms with van der Waals surface area (Å²) in [5.41, 5.74) is 6.83. The average molecular weight is 378 g/mol. The van der Waals surface area contributed by atoms with Gasteiger partial charge in [0.05, 0.1) is 18.4 Å². The molecule has 0 spiro atoms. The van der Waals surface area contributed by atoms with Crippen molar-refractivity contribution >= 4 is 29.9 Å². The van der Waals surface area contributed by atoms with Gasteiger partial charge >= 0.3 is 0 Å². The first kappa shape index (κ1) is 21.5. The summed E-state index contributed by atoms with van der Waals surface area (Å²) in [5, 5.41) is 5.63. The number of carbonyl (C=O) groups excluding carboxylic acids is 2. The van der Waals surface area contributed by atoms with E-state index in [1.54, 1.807) is 55.6 Å². The third-order valence-electron chi connectivity index (χ3n) is 3.69. The molecule has 2 rings (SSSR count). The highest BCUT2D eigenvalue weighted by Gasteiger charge is 2.13. The summed E-state index contributed by atoms with van der Waals surface area (Å²) in [4.78, 5) is 24.7.